The molecule has 0 spiro atoms. The molecule has 0 aromatic heterocycles. The molecular formula is C18H23NO7. The average molecular weight is 365 g/mol. The minimum Gasteiger partial charge on any atom is -0.478 e. The number of aliphatic carboxylic acids is 2. The number of carboxylic acids is 2. The minimum atomic E-state index is -2.72. The molecule has 1 aliphatic rings. The maximum Gasteiger partial charge on any atom is 0.360 e. The summed E-state index contributed by atoms with van der Waals surface area (Å²) in [4.78, 5) is 37.9. The van der Waals surface area contributed by atoms with Crippen LogP contribution in [-0.2, 0) is 14.3 Å². The normalized spacial score (nSPS) is 20.3. The fraction of sp³-hybridized carbons (Fsp3) is 0.500. The number of benzene rings is 1. The summed E-state index contributed by atoms with van der Waals surface area (Å²) in [5.41, 5.74) is -1.85. The highest BCUT2D eigenvalue weighted by Gasteiger charge is 2.57. The van der Waals surface area contributed by atoms with Crippen molar-refractivity contribution in [3.05, 3.63) is 29.8 Å². The van der Waals surface area contributed by atoms with Gasteiger partial charge in [-0.1, -0.05) is 6.42 Å². The van der Waals surface area contributed by atoms with E-state index in [1.54, 1.807) is 12.1 Å². The van der Waals surface area contributed by atoms with Crippen molar-refractivity contribution in [1.29, 1.82) is 0 Å². The first-order valence-electron chi connectivity index (χ1n) is 8.34. The molecule has 0 unspecified atom stereocenters. The van der Waals surface area contributed by atoms with Crippen LogP contribution in [0.15, 0.2) is 24.3 Å². The molecule has 1 saturated carbocycles. The Balaban J connectivity index is 2.32. The third-order valence-corrected chi connectivity index (χ3v) is 4.73. The number of hydrogen-bond donors (Lipinski definition) is 3. The second kappa shape index (κ2) is 7.74. The zero-order valence-electron chi connectivity index (χ0n) is 14.7. The van der Waals surface area contributed by atoms with Gasteiger partial charge in [0.05, 0.1) is 11.7 Å². The van der Waals surface area contributed by atoms with Crippen LogP contribution in [-0.4, -0.2) is 59.0 Å². The van der Waals surface area contributed by atoms with Gasteiger partial charge in [-0.2, -0.15) is 0 Å². The summed E-state index contributed by atoms with van der Waals surface area (Å²) < 4.78 is 5.07. The summed E-state index contributed by atoms with van der Waals surface area (Å²) >= 11 is 0. The molecule has 0 saturated heterocycles. The van der Waals surface area contributed by atoms with Crippen LogP contribution >= 0.6 is 0 Å². The number of anilines is 1. The summed E-state index contributed by atoms with van der Waals surface area (Å²) in [5.74, 6) is -5.53. The highest BCUT2D eigenvalue weighted by molar-refractivity contribution is 6.05. The van der Waals surface area contributed by atoms with Crippen molar-refractivity contribution in [2.24, 2.45) is 5.92 Å². The lowest BCUT2D eigenvalue weighted by Crippen LogP contribution is -2.57. The van der Waals surface area contributed by atoms with E-state index in [1.165, 1.54) is 12.1 Å². The lowest BCUT2D eigenvalue weighted by Gasteiger charge is -2.36. The monoisotopic (exact) mass is 365 g/mol. The molecule has 0 bridgehead atoms. The second-order valence-corrected chi connectivity index (χ2v) is 6.69. The number of carbonyl (C=O) groups is 3. The molecule has 1 aromatic rings. The van der Waals surface area contributed by atoms with Gasteiger partial charge >= 0.3 is 23.5 Å². The standard InChI is InChI=1S/C18H23NO7/c1-19(2)13-8-6-11(7-9-13)15(21)26-18(16(22)23,17(24)25)12-4-3-5-14(20)10-12/h6-9,12,14,20H,3-5,10H2,1-2H3,(H,22,23)(H,24,25)/t12-,14-/m0/s1. The van der Waals surface area contributed by atoms with E-state index < -0.39 is 35.5 Å². The molecule has 142 valence electrons. The van der Waals surface area contributed by atoms with Gasteiger partial charge in [0.2, 0.25) is 0 Å². The number of ether oxygens (including phenoxy) is 1. The Bertz CT molecular complexity index is 669. The summed E-state index contributed by atoms with van der Waals surface area (Å²) in [6, 6.07) is 6.18. The van der Waals surface area contributed by atoms with Crippen molar-refractivity contribution in [3.63, 3.8) is 0 Å². The van der Waals surface area contributed by atoms with E-state index in [9.17, 15) is 29.7 Å². The van der Waals surface area contributed by atoms with Gasteiger partial charge in [0.25, 0.3) is 0 Å². The predicted molar refractivity (Wildman–Crippen MR) is 92.2 cm³/mol. The second-order valence-electron chi connectivity index (χ2n) is 6.69. The summed E-state index contributed by atoms with van der Waals surface area (Å²) in [5, 5.41) is 29.0. The Hall–Kier alpha value is -2.61. The molecule has 8 nitrogen and oxygen atoms in total. The molecule has 8 heteroatoms. The molecule has 0 radical (unpaired) electrons. The molecular weight excluding hydrogens is 342 g/mol. The van der Waals surface area contributed by atoms with E-state index in [0.29, 0.717) is 12.8 Å². The highest BCUT2D eigenvalue weighted by atomic mass is 16.6. The zero-order valence-corrected chi connectivity index (χ0v) is 14.7. The number of carbonyl (C=O) groups excluding carboxylic acids is 1. The largest absolute Gasteiger partial charge is 0.478 e. The van der Waals surface area contributed by atoms with Crippen molar-refractivity contribution in [3.8, 4) is 0 Å². The van der Waals surface area contributed by atoms with Crippen LogP contribution in [0.25, 0.3) is 0 Å². The SMILES string of the molecule is CN(C)c1ccc(C(=O)OC(C(=O)O)(C(=O)O)[C@H]2CCC[C@H](O)C2)cc1. The van der Waals surface area contributed by atoms with Crippen LogP contribution in [0.5, 0.6) is 0 Å². The topological polar surface area (TPSA) is 124 Å². The fourth-order valence-corrected chi connectivity index (χ4v) is 3.25. The molecule has 26 heavy (non-hydrogen) atoms. The van der Waals surface area contributed by atoms with Gasteiger partial charge in [-0.05, 0) is 43.5 Å². The van der Waals surface area contributed by atoms with Gasteiger partial charge in [0, 0.05) is 25.7 Å². The maximum atomic E-state index is 12.4. The Labute approximate surface area is 151 Å². The Morgan fingerprint density at radius 3 is 2.12 bits per heavy atom. The number of esters is 1. The minimum absolute atomic E-state index is 0.0502. The van der Waals surface area contributed by atoms with Crippen molar-refractivity contribution >= 4 is 23.6 Å². The summed E-state index contributed by atoms with van der Waals surface area (Å²) in [6.45, 7) is 0. The Morgan fingerprint density at radius 2 is 1.65 bits per heavy atom. The quantitative estimate of drug-likeness (QED) is 0.510. The first-order chi connectivity index (χ1) is 12.2. The van der Waals surface area contributed by atoms with Gasteiger partial charge in [0.15, 0.2) is 0 Å². The number of aliphatic hydroxyl groups is 1. The summed E-state index contributed by atoms with van der Waals surface area (Å²) in [6.07, 6.45) is 0.299. The zero-order chi connectivity index (χ0) is 19.5. The third kappa shape index (κ3) is 3.80. The summed E-state index contributed by atoms with van der Waals surface area (Å²) in [7, 11) is 3.64. The smallest absolute Gasteiger partial charge is 0.360 e. The third-order valence-electron chi connectivity index (χ3n) is 4.73. The maximum absolute atomic E-state index is 12.4. The van der Waals surface area contributed by atoms with Crippen LogP contribution in [0.1, 0.15) is 36.0 Å². The fourth-order valence-electron chi connectivity index (χ4n) is 3.25. The molecule has 2 atom stereocenters. The van der Waals surface area contributed by atoms with Gasteiger partial charge < -0.3 is 25.0 Å². The van der Waals surface area contributed by atoms with Crippen molar-refractivity contribution in [1.82, 2.24) is 0 Å². The number of rotatable bonds is 6. The molecule has 0 amide bonds. The van der Waals surface area contributed by atoms with Crippen LogP contribution in [0.3, 0.4) is 0 Å². The number of hydrogen-bond acceptors (Lipinski definition) is 6. The van der Waals surface area contributed by atoms with E-state index in [4.69, 9.17) is 4.74 Å². The van der Waals surface area contributed by atoms with Crippen molar-refractivity contribution in [2.75, 3.05) is 19.0 Å². The van der Waals surface area contributed by atoms with E-state index >= 15 is 0 Å². The number of nitrogens with zero attached hydrogens (tertiary/aromatic N) is 1. The van der Waals surface area contributed by atoms with Crippen LogP contribution < -0.4 is 4.90 Å². The average Bonchev–Trinajstić information content (AvgIpc) is 2.58. The van der Waals surface area contributed by atoms with Crippen molar-refractivity contribution < 1.29 is 34.4 Å². The van der Waals surface area contributed by atoms with E-state index in [-0.39, 0.29) is 18.4 Å². The van der Waals surface area contributed by atoms with Gasteiger partial charge in [-0.25, -0.2) is 14.4 Å². The van der Waals surface area contributed by atoms with Gasteiger partial charge in [-0.3, -0.25) is 0 Å². The molecule has 1 fully saturated rings. The van der Waals surface area contributed by atoms with Crippen molar-refractivity contribution in [2.45, 2.75) is 37.4 Å². The molecule has 2 rings (SSSR count). The van der Waals surface area contributed by atoms with Gasteiger partial charge in [-0.15, -0.1) is 0 Å². The first kappa shape index (κ1) is 19.7. The highest BCUT2D eigenvalue weighted by Crippen LogP contribution is 2.37. The lowest BCUT2D eigenvalue weighted by atomic mass is 9.75. The first-order valence-corrected chi connectivity index (χ1v) is 8.34. The van der Waals surface area contributed by atoms with Crippen LogP contribution in [0.2, 0.25) is 0 Å². The van der Waals surface area contributed by atoms with E-state index in [0.717, 1.165) is 5.69 Å². The van der Waals surface area contributed by atoms with E-state index in [2.05, 4.69) is 0 Å². The lowest BCUT2D eigenvalue weighted by molar-refractivity contribution is -0.186. The Kier molecular flexibility index (Phi) is 5.86. The van der Waals surface area contributed by atoms with E-state index in [1.807, 2.05) is 19.0 Å². The number of aliphatic hydroxyl groups excluding tert-OH is 1. The van der Waals surface area contributed by atoms with Gasteiger partial charge in [0.1, 0.15) is 0 Å². The molecule has 0 aliphatic heterocycles. The predicted octanol–water partition coefficient (Wildman–Crippen LogP) is 1.37. The Morgan fingerprint density at radius 1 is 1.08 bits per heavy atom. The molecule has 0 heterocycles. The molecule has 3 N–H and O–H groups in total. The molecule has 1 aliphatic carbocycles. The van der Waals surface area contributed by atoms with Crippen LogP contribution in [0, 0.1) is 5.92 Å². The molecule has 1 aromatic carbocycles. The van der Waals surface area contributed by atoms with Crippen LogP contribution in [0.4, 0.5) is 5.69 Å². The number of carboxylic acid groups (broad SMARTS) is 2.